The van der Waals surface area contributed by atoms with Crippen LogP contribution < -0.4 is 8.85 Å². The van der Waals surface area contributed by atoms with Crippen molar-refractivity contribution in [2.45, 2.75) is 0 Å². The molecular weight excluding hydrogens is 353 g/mol. The van der Waals surface area contributed by atoms with Gasteiger partial charge >= 0.3 is 0 Å². The standard InChI is InChI=1S/C6H5BrIN3S/c7-4-1-2-5(9-3-4)10-6(12)11-8/h1-3H,(H2,9,10,11,12). The van der Waals surface area contributed by atoms with Gasteiger partial charge in [-0.2, -0.15) is 0 Å². The van der Waals surface area contributed by atoms with E-state index in [9.17, 15) is 0 Å². The van der Waals surface area contributed by atoms with Crippen molar-refractivity contribution < 1.29 is 0 Å². The maximum absolute atomic E-state index is 4.89. The molecule has 64 valence electrons. The quantitative estimate of drug-likeness (QED) is 0.460. The Morgan fingerprint density at radius 1 is 1.58 bits per heavy atom. The van der Waals surface area contributed by atoms with E-state index >= 15 is 0 Å². The third kappa shape index (κ3) is 3.20. The maximum atomic E-state index is 4.89. The second-order valence-electron chi connectivity index (χ2n) is 1.91. The second-order valence-corrected chi connectivity index (χ2v) is 3.77. The van der Waals surface area contributed by atoms with Crippen LogP contribution >= 0.6 is 51.0 Å². The van der Waals surface area contributed by atoms with Crippen LogP contribution in [0.2, 0.25) is 0 Å². The van der Waals surface area contributed by atoms with Gasteiger partial charge in [0.05, 0.1) is 22.9 Å². The van der Waals surface area contributed by atoms with E-state index in [-0.39, 0.29) is 0 Å². The monoisotopic (exact) mass is 357 g/mol. The first-order valence-electron chi connectivity index (χ1n) is 3.01. The predicted molar refractivity (Wildman–Crippen MR) is 65.3 cm³/mol. The normalized spacial score (nSPS) is 9.17. The second kappa shape index (κ2) is 4.93. The maximum Gasteiger partial charge on any atom is 0.180 e. The summed E-state index contributed by atoms with van der Waals surface area (Å²) in [6, 6.07) is 3.73. The molecule has 1 heterocycles. The minimum Gasteiger partial charge on any atom is -0.317 e. The summed E-state index contributed by atoms with van der Waals surface area (Å²) < 4.78 is 3.71. The largest absolute Gasteiger partial charge is 0.317 e. The van der Waals surface area contributed by atoms with E-state index in [1.54, 1.807) is 6.20 Å². The molecule has 1 rings (SSSR count). The van der Waals surface area contributed by atoms with Gasteiger partial charge in [-0.05, 0) is 40.3 Å². The van der Waals surface area contributed by atoms with Crippen molar-refractivity contribution in [2.75, 3.05) is 5.32 Å². The average molecular weight is 358 g/mol. The van der Waals surface area contributed by atoms with Gasteiger partial charge in [0.25, 0.3) is 0 Å². The summed E-state index contributed by atoms with van der Waals surface area (Å²) in [5.41, 5.74) is 0. The molecule has 0 aromatic carbocycles. The lowest BCUT2D eigenvalue weighted by molar-refractivity contribution is 1.30. The van der Waals surface area contributed by atoms with Crippen molar-refractivity contribution in [3.05, 3.63) is 22.8 Å². The van der Waals surface area contributed by atoms with E-state index in [1.807, 2.05) is 35.0 Å². The van der Waals surface area contributed by atoms with Crippen molar-refractivity contribution in [1.82, 2.24) is 8.51 Å². The fourth-order valence-corrected chi connectivity index (χ4v) is 1.06. The zero-order valence-electron chi connectivity index (χ0n) is 5.84. The van der Waals surface area contributed by atoms with Crippen LogP contribution in [0.5, 0.6) is 0 Å². The van der Waals surface area contributed by atoms with Gasteiger partial charge in [-0.15, -0.1) is 0 Å². The van der Waals surface area contributed by atoms with E-state index < -0.39 is 0 Å². The molecule has 12 heavy (non-hydrogen) atoms. The van der Waals surface area contributed by atoms with Crippen LogP contribution in [0.3, 0.4) is 0 Å². The Hall–Kier alpha value is 0.0500. The molecule has 0 bridgehead atoms. The van der Waals surface area contributed by atoms with Crippen LogP contribution in [0.4, 0.5) is 5.82 Å². The van der Waals surface area contributed by atoms with Crippen LogP contribution in [0.15, 0.2) is 22.8 Å². The minimum absolute atomic E-state index is 0.547. The van der Waals surface area contributed by atoms with Gasteiger partial charge in [-0.1, -0.05) is 0 Å². The average Bonchev–Trinajstić information content (AvgIpc) is 2.09. The van der Waals surface area contributed by atoms with Crippen molar-refractivity contribution in [2.24, 2.45) is 0 Å². The van der Waals surface area contributed by atoms with Gasteiger partial charge in [0.15, 0.2) is 5.11 Å². The van der Waals surface area contributed by atoms with E-state index in [2.05, 4.69) is 29.8 Å². The summed E-state index contributed by atoms with van der Waals surface area (Å²) in [4.78, 5) is 4.08. The molecule has 0 unspecified atom stereocenters. The molecule has 0 fully saturated rings. The van der Waals surface area contributed by atoms with Crippen LogP contribution in [0.25, 0.3) is 0 Å². The highest BCUT2D eigenvalue weighted by atomic mass is 127. The Bertz CT molecular complexity index is 277. The summed E-state index contributed by atoms with van der Waals surface area (Å²) in [6.45, 7) is 0. The molecule has 0 atom stereocenters. The first-order valence-corrected chi connectivity index (χ1v) is 5.29. The van der Waals surface area contributed by atoms with Crippen LogP contribution in [-0.4, -0.2) is 10.1 Å². The third-order valence-electron chi connectivity index (χ3n) is 1.05. The van der Waals surface area contributed by atoms with Gasteiger partial charge in [-0.25, -0.2) is 4.98 Å². The highest BCUT2D eigenvalue weighted by Gasteiger charge is 1.95. The van der Waals surface area contributed by atoms with E-state index in [0.29, 0.717) is 5.11 Å². The lowest BCUT2D eigenvalue weighted by atomic mass is 10.5. The van der Waals surface area contributed by atoms with Gasteiger partial charge < -0.3 is 8.85 Å². The number of pyridine rings is 1. The van der Waals surface area contributed by atoms with Crippen molar-refractivity contribution in [3.63, 3.8) is 0 Å². The molecule has 0 aliphatic heterocycles. The number of thiocarbonyl (C=S) groups is 1. The molecule has 2 N–H and O–H groups in total. The van der Waals surface area contributed by atoms with Gasteiger partial charge in [0.1, 0.15) is 5.82 Å². The first kappa shape index (κ1) is 10.1. The molecule has 0 saturated heterocycles. The predicted octanol–water partition coefficient (Wildman–Crippen LogP) is 2.48. The number of hydrogen-bond donors (Lipinski definition) is 2. The zero-order chi connectivity index (χ0) is 8.97. The van der Waals surface area contributed by atoms with Gasteiger partial charge in [0, 0.05) is 10.7 Å². The number of aromatic nitrogens is 1. The molecule has 1 aromatic heterocycles. The van der Waals surface area contributed by atoms with Crippen molar-refractivity contribution in [3.8, 4) is 0 Å². The Morgan fingerprint density at radius 2 is 2.33 bits per heavy atom. The molecule has 0 spiro atoms. The molecule has 0 aliphatic rings. The Labute approximate surface area is 98.0 Å². The van der Waals surface area contributed by atoms with Crippen LogP contribution in [0.1, 0.15) is 0 Å². The number of nitrogens with zero attached hydrogens (tertiary/aromatic N) is 1. The topological polar surface area (TPSA) is 37.0 Å². The SMILES string of the molecule is S=C(NI)Nc1ccc(Br)cn1. The first-order chi connectivity index (χ1) is 5.72. The summed E-state index contributed by atoms with van der Waals surface area (Å²) in [6.07, 6.45) is 1.71. The molecule has 3 nitrogen and oxygen atoms in total. The fraction of sp³-hybridized carbons (Fsp3) is 0. The number of halogens is 2. The van der Waals surface area contributed by atoms with Crippen LogP contribution in [-0.2, 0) is 0 Å². The zero-order valence-corrected chi connectivity index (χ0v) is 10.4. The Kier molecular flexibility index (Phi) is 4.16. The molecule has 0 radical (unpaired) electrons. The molecule has 6 heteroatoms. The van der Waals surface area contributed by atoms with Crippen LogP contribution in [0, 0.1) is 0 Å². The molecule has 0 amide bonds. The van der Waals surface area contributed by atoms with Crippen molar-refractivity contribution >= 4 is 61.9 Å². The fourth-order valence-electron chi connectivity index (χ4n) is 0.590. The number of hydrogen-bond acceptors (Lipinski definition) is 2. The summed E-state index contributed by atoms with van der Waals surface area (Å²) in [7, 11) is 0. The highest BCUT2D eigenvalue weighted by molar-refractivity contribution is 14.1. The van der Waals surface area contributed by atoms with E-state index in [1.165, 1.54) is 0 Å². The number of anilines is 1. The van der Waals surface area contributed by atoms with Gasteiger partial charge in [0.2, 0.25) is 0 Å². The lowest BCUT2D eigenvalue weighted by Crippen LogP contribution is -2.19. The lowest BCUT2D eigenvalue weighted by Gasteiger charge is -2.03. The highest BCUT2D eigenvalue weighted by Crippen LogP contribution is 2.10. The Balaban J connectivity index is 2.64. The van der Waals surface area contributed by atoms with E-state index in [4.69, 9.17) is 12.2 Å². The molecule has 0 aliphatic carbocycles. The molecule has 1 aromatic rings. The van der Waals surface area contributed by atoms with Gasteiger partial charge in [-0.3, -0.25) is 0 Å². The minimum atomic E-state index is 0.547. The summed E-state index contributed by atoms with van der Waals surface area (Å²) >= 11 is 10.1. The Morgan fingerprint density at radius 3 is 2.83 bits per heavy atom. The van der Waals surface area contributed by atoms with Crippen molar-refractivity contribution in [1.29, 1.82) is 0 Å². The number of nitrogens with one attached hydrogen (secondary N) is 2. The summed E-state index contributed by atoms with van der Waals surface area (Å²) in [5, 5.41) is 3.45. The molecular formula is C6H5BrIN3S. The smallest absolute Gasteiger partial charge is 0.180 e. The summed E-state index contributed by atoms with van der Waals surface area (Å²) in [5.74, 6) is 0.729. The van der Waals surface area contributed by atoms with E-state index in [0.717, 1.165) is 10.3 Å². The third-order valence-corrected chi connectivity index (χ3v) is 2.63. The molecule has 0 saturated carbocycles. The number of rotatable bonds is 1.